The zero-order valence-electron chi connectivity index (χ0n) is 21.8. The zero-order valence-corrected chi connectivity index (χ0v) is 22.6. The van der Waals surface area contributed by atoms with E-state index in [0.717, 1.165) is 43.1 Å². The van der Waals surface area contributed by atoms with Gasteiger partial charge < -0.3 is 15.0 Å². The van der Waals surface area contributed by atoms with Crippen LogP contribution in [0.25, 0.3) is 0 Å². The van der Waals surface area contributed by atoms with Crippen LogP contribution in [0, 0.1) is 24.7 Å². The molecular formula is C29H35N3O5S. The number of aryl methyl sites for hydroxylation is 1. The first-order valence-corrected chi connectivity index (χ1v) is 15.7. The number of fused-ring (bicyclic) bond motifs is 4. The summed E-state index contributed by atoms with van der Waals surface area (Å²) >= 11 is 0. The maximum absolute atomic E-state index is 13.3. The first-order chi connectivity index (χ1) is 18.1. The van der Waals surface area contributed by atoms with Gasteiger partial charge in [0, 0.05) is 43.3 Å². The molecular weight excluding hydrogens is 502 g/mol. The highest BCUT2D eigenvalue weighted by atomic mass is 32.2. The van der Waals surface area contributed by atoms with E-state index < -0.39 is 15.4 Å². The number of aromatic amines is 1. The summed E-state index contributed by atoms with van der Waals surface area (Å²) in [5.41, 5.74) is 3.81. The first-order valence-electron chi connectivity index (χ1n) is 13.9. The number of carbonyl (C=O) groups excluding carboxylic acids is 1. The molecule has 4 atom stereocenters. The van der Waals surface area contributed by atoms with Crippen molar-refractivity contribution in [1.29, 1.82) is 0 Å². The Balaban J connectivity index is 1.26. The Kier molecular flexibility index (Phi) is 5.41. The Hall–Kier alpha value is -2.65. The Morgan fingerprint density at radius 3 is 2.68 bits per heavy atom. The third-order valence-corrected chi connectivity index (χ3v) is 11.7. The van der Waals surface area contributed by atoms with Gasteiger partial charge in [-0.05, 0) is 91.7 Å². The highest BCUT2D eigenvalue weighted by molar-refractivity contribution is 7.91. The van der Waals surface area contributed by atoms with Gasteiger partial charge in [-0.25, -0.2) is 8.42 Å². The number of hydrogen-bond donors (Lipinski definition) is 2. The van der Waals surface area contributed by atoms with E-state index in [1.54, 1.807) is 12.1 Å². The van der Waals surface area contributed by atoms with E-state index in [0.29, 0.717) is 24.3 Å². The minimum atomic E-state index is -3.12. The highest BCUT2D eigenvalue weighted by Crippen LogP contribution is 2.60. The number of phenols is 1. The number of nitrogens with one attached hydrogen (secondary N) is 1. The van der Waals surface area contributed by atoms with Gasteiger partial charge in [-0.1, -0.05) is 6.07 Å². The van der Waals surface area contributed by atoms with Crippen molar-refractivity contribution in [3.63, 3.8) is 0 Å². The predicted octanol–water partition coefficient (Wildman–Crippen LogP) is 2.03. The molecule has 2 saturated carbocycles. The van der Waals surface area contributed by atoms with Gasteiger partial charge in [0.2, 0.25) is 0 Å². The lowest BCUT2D eigenvalue weighted by molar-refractivity contribution is 0.00552. The molecule has 0 spiro atoms. The van der Waals surface area contributed by atoms with E-state index in [2.05, 4.69) is 16.8 Å². The van der Waals surface area contributed by atoms with Crippen LogP contribution in [-0.4, -0.2) is 77.9 Å². The van der Waals surface area contributed by atoms with E-state index in [9.17, 15) is 23.1 Å². The maximum Gasteiger partial charge on any atom is 0.261 e. The van der Waals surface area contributed by atoms with Crippen molar-refractivity contribution in [3.05, 3.63) is 62.6 Å². The van der Waals surface area contributed by atoms with Crippen molar-refractivity contribution in [2.24, 2.45) is 17.8 Å². The molecule has 1 aromatic heterocycles. The number of carbonyl (C=O) groups is 1. The summed E-state index contributed by atoms with van der Waals surface area (Å²) < 4.78 is 23.7. The summed E-state index contributed by atoms with van der Waals surface area (Å²) in [6.07, 6.45) is 5.15. The lowest BCUT2D eigenvalue weighted by Gasteiger charge is -2.49. The molecule has 5 aliphatic rings. The minimum Gasteiger partial charge on any atom is -0.508 e. The number of aromatic nitrogens is 1. The quantitative estimate of drug-likeness (QED) is 0.618. The van der Waals surface area contributed by atoms with Gasteiger partial charge in [0.1, 0.15) is 11.3 Å². The second kappa shape index (κ2) is 8.42. The Morgan fingerprint density at radius 2 is 1.95 bits per heavy atom. The van der Waals surface area contributed by atoms with Gasteiger partial charge in [0.15, 0.2) is 9.84 Å². The van der Waals surface area contributed by atoms with Crippen molar-refractivity contribution < 1.29 is 18.3 Å². The van der Waals surface area contributed by atoms with Crippen molar-refractivity contribution in [1.82, 2.24) is 14.8 Å². The number of nitrogens with zero attached hydrogens (tertiary/aromatic N) is 2. The lowest BCUT2D eigenvalue weighted by Crippen LogP contribution is -2.58. The third-order valence-electron chi connectivity index (χ3n) is 10.1. The SMILES string of the molecule is Cc1ccc(O)cc1C12Cc3[nH]c(=O)c(C(=O)N4CCS(=O)(=O)CC4)cc3CC1C1C(CN1CC1CC1)C2. The number of benzene rings is 1. The van der Waals surface area contributed by atoms with Crippen LogP contribution in [0.4, 0.5) is 0 Å². The molecule has 4 unspecified atom stereocenters. The molecule has 1 aromatic carbocycles. The average Bonchev–Trinajstić information content (AvgIpc) is 3.64. The first kappa shape index (κ1) is 24.4. The van der Waals surface area contributed by atoms with E-state index in [1.807, 2.05) is 12.1 Å². The Labute approximate surface area is 223 Å². The number of rotatable bonds is 4. The van der Waals surface area contributed by atoms with Crippen molar-refractivity contribution >= 4 is 15.7 Å². The maximum atomic E-state index is 13.3. The van der Waals surface area contributed by atoms with E-state index >= 15 is 0 Å². The van der Waals surface area contributed by atoms with Crippen LogP contribution in [0.3, 0.4) is 0 Å². The Morgan fingerprint density at radius 1 is 1.18 bits per heavy atom. The van der Waals surface area contributed by atoms with Gasteiger partial charge in [-0.3, -0.25) is 14.5 Å². The molecule has 7 rings (SSSR count). The smallest absolute Gasteiger partial charge is 0.261 e. The fourth-order valence-corrected chi connectivity index (χ4v) is 9.25. The fraction of sp³-hybridized carbons (Fsp3) is 0.586. The second-order valence-electron chi connectivity index (χ2n) is 12.5. The second-order valence-corrected chi connectivity index (χ2v) is 14.8. The molecule has 0 radical (unpaired) electrons. The van der Waals surface area contributed by atoms with Crippen LogP contribution in [0.2, 0.25) is 0 Å². The number of H-pyrrole nitrogens is 1. The number of hydrogen-bond acceptors (Lipinski definition) is 6. The standard InChI is InChI=1S/C29H35N3O5S/c1-17-2-5-21(33)12-23(17)29-13-20-16-32(15-18-3-4-18)26(20)24(29)11-19-10-22(27(34)30-25(19)14-29)28(35)31-6-8-38(36,37)9-7-31/h2,5,10,12,18,20,24,26,33H,3-4,6-9,11,13-16H2,1H3,(H,30,34). The van der Waals surface area contributed by atoms with Gasteiger partial charge in [0.05, 0.1) is 11.5 Å². The molecule has 3 aliphatic carbocycles. The number of amides is 1. The molecule has 2 N–H and O–H groups in total. The number of likely N-dealkylation sites (tertiary alicyclic amines) is 1. The van der Waals surface area contributed by atoms with Gasteiger partial charge >= 0.3 is 0 Å². The fourth-order valence-electron chi connectivity index (χ4n) is 8.05. The normalized spacial score (nSPS) is 31.7. The molecule has 9 heteroatoms. The highest BCUT2D eigenvalue weighted by Gasteiger charge is 2.62. The Bertz CT molecular complexity index is 1480. The van der Waals surface area contributed by atoms with Crippen LogP contribution in [0.1, 0.15) is 52.0 Å². The number of aromatic hydroxyl groups is 1. The topological polar surface area (TPSA) is 111 Å². The lowest BCUT2D eigenvalue weighted by atomic mass is 9.62. The molecule has 1 amide bonds. The van der Waals surface area contributed by atoms with Gasteiger partial charge in [-0.15, -0.1) is 0 Å². The molecule has 0 bridgehead atoms. The van der Waals surface area contributed by atoms with Crippen molar-refractivity contribution in [2.45, 2.75) is 50.5 Å². The van der Waals surface area contributed by atoms with E-state index in [1.165, 1.54) is 28.9 Å². The predicted molar refractivity (Wildman–Crippen MR) is 143 cm³/mol. The summed E-state index contributed by atoms with van der Waals surface area (Å²) in [5.74, 6) is 1.52. The van der Waals surface area contributed by atoms with E-state index in [-0.39, 0.29) is 47.2 Å². The average molecular weight is 538 g/mol. The molecule has 8 nitrogen and oxygen atoms in total. The number of sulfone groups is 1. The van der Waals surface area contributed by atoms with Crippen molar-refractivity contribution in [3.8, 4) is 5.75 Å². The van der Waals surface area contributed by atoms with Gasteiger partial charge in [-0.2, -0.15) is 0 Å². The summed E-state index contributed by atoms with van der Waals surface area (Å²) in [6.45, 7) is 4.64. The third kappa shape index (κ3) is 3.84. The van der Waals surface area contributed by atoms with Crippen LogP contribution < -0.4 is 5.56 Å². The number of phenolic OH excluding ortho intramolecular Hbond substituents is 1. The molecule has 2 aromatic rings. The summed E-state index contributed by atoms with van der Waals surface area (Å²) in [5, 5.41) is 10.5. The van der Waals surface area contributed by atoms with E-state index in [4.69, 9.17) is 0 Å². The zero-order chi connectivity index (χ0) is 26.4. The molecule has 2 aliphatic heterocycles. The summed E-state index contributed by atoms with van der Waals surface area (Å²) in [4.78, 5) is 33.7. The van der Waals surface area contributed by atoms with Crippen LogP contribution in [0.5, 0.6) is 5.75 Å². The molecule has 3 heterocycles. The van der Waals surface area contributed by atoms with Crippen LogP contribution >= 0.6 is 0 Å². The summed E-state index contributed by atoms with van der Waals surface area (Å²) in [7, 11) is -3.12. The molecule has 4 fully saturated rings. The summed E-state index contributed by atoms with van der Waals surface area (Å²) in [6, 6.07) is 7.94. The van der Waals surface area contributed by atoms with Crippen LogP contribution in [0.15, 0.2) is 29.1 Å². The molecule has 202 valence electrons. The van der Waals surface area contributed by atoms with Gasteiger partial charge in [0.25, 0.3) is 11.5 Å². The largest absolute Gasteiger partial charge is 0.508 e. The molecule has 2 saturated heterocycles. The monoisotopic (exact) mass is 537 g/mol. The molecule has 38 heavy (non-hydrogen) atoms. The minimum absolute atomic E-state index is 0.0602. The van der Waals surface area contributed by atoms with Crippen LogP contribution in [-0.2, 0) is 28.1 Å². The number of pyridine rings is 1. The van der Waals surface area contributed by atoms with Crippen molar-refractivity contribution in [2.75, 3.05) is 37.7 Å².